The second-order valence-electron chi connectivity index (χ2n) is 6.79. The molecule has 2 aromatic heterocycles. The lowest BCUT2D eigenvalue weighted by Crippen LogP contribution is -2.21. The Morgan fingerprint density at radius 2 is 2.12 bits per heavy atom. The lowest BCUT2D eigenvalue weighted by atomic mass is 10.0. The lowest BCUT2D eigenvalue weighted by molar-refractivity contribution is 0.313. The molecule has 0 aliphatic carbocycles. The van der Waals surface area contributed by atoms with Gasteiger partial charge in [-0.25, -0.2) is 4.98 Å². The number of rotatable bonds is 5. The molecule has 128 valence electrons. The Kier molecular flexibility index (Phi) is 4.61. The van der Waals surface area contributed by atoms with E-state index in [0.717, 1.165) is 48.4 Å². The van der Waals surface area contributed by atoms with E-state index in [9.17, 15) is 0 Å². The van der Waals surface area contributed by atoms with Crippen molar-refractivity contribution >= 4 is 10.9 Å². The van der Waals surface area contributed by atoms with E-state index in [1.54, 1.807) is 7.11 Å². The minimum Gasteiger partial charge on any atom is -0.494 e. The zero-order valence-electron chi connectivity index (χ0n) is 14.6. The third-order valence-corrected chi connectivity index (χ3v) is 4.96. The first kappa shape index (κ1) is 16.0. The monoisotopic (exact) mass is 333 g/mol. The normalized spacial score (nSPS) is 17.9. The van der Waals surface area contributed by atoms with Gasteiger partial charge >= 0.3 is 0 Å². The maximum Gasteiger partial charge on any atom is 0.145 e. The van der Waals surface area contributed by atoms with Gasteiger partial charge in [-0.3, -0.25) is 9.88 Å². The van der Waals surface area contributed by atoms with Gasteiger partial charge < -0.3 is 4.74 Å². The van der Waals surface area contributed by atoms with E-state index in [4.69, 9.17) is 9.72 Å². The van der Waals surface area contributed by atoms with E-state index in [-0.39, 0.29) is 0 Å². The van der Waals surface area contributed by atoms with Crippen molar-refractivity contribution in [2.24, 2.45) is 5.92 Å². The molecule has 0 amide bonds. The number of para-hydroxylation sites is 1. The first-order chi connectivity index (χ1) is 12.3. The first-order valence-corrected chi connectivity index (χ1v) is 8.86. The Labute approximate surface area is 148 Å². The number of likely N-dealkylation sites (tertiary alicyclic amines) is 1. The zero-order chi connectivity index (χ0) is 17.1. The zero-order valence-corrected chi connectivity index (χ0v) is 14.6. The molecule has 0 N–H and O–H groups in total. The van der Waals surface area contributed by atoms with Crippen LogP contribution in [0.25, 0.3) is 10.9 Å². The quantitative estimate of drug-likeness (QED) is 0.713. The highest BCUT2D eigenvalue weighted by Gasteiger charge is 2.23. The number of aromatic nitrogens is 2. The van der Waals surface area contributed by atoms with Crippen LogP contribution in [0.4, 0.5) is 0 Å². The molecule has 1 aromatic carbocycles. The summed E-state index contributed by atoms with van der Waals surface area (Å²) in [5.74, 6) is 1.55. The van der Waals surface area contributed by atoms with Crippen LogP contribution in [0.3, 0.4) is 0 Å². The number of benzene rings is 1. The summed E-state index contributed by atoms with van der Waals surface area (Å²) in [5, 5.41) is 1.12. The summed E-state index contributed by atoms with van der Waals surface area (Å²) in [4.78, 5) is 11.6. The highest BCUT2D eigenvalue weighted by molar-refractivity contribution is 5.84. The summed E-state index contributed by atoms with van der Waals surface area (Å²) in [5.41, 5.74) is 3.40. The van der Waals surface area contributed by atoms with Crippen molar-refractivity contribution in [1.82, 2.24) is 14.9 Å². The van der Waals surface area contributed by atoms with Gasteiger partial charge in [0.25, 0.3) is 0 Å². The second kappa shape index (κ2) is 7.19. The van der Waals surface area contributed by atoms with E-state index in [1.165, 1.54) is 12.0 Å². The number of methoxy groups -OCH3 is 1. The molecule has 1 atom stereocenters. The third kappa shape index (κ3) is 3.64. The Bertz CT molecular complexity index is 850. The first-order valence-electron chi connectivity index (χ1n) is 8.86. The average molecular weight is 333 g/mol. The van der Waals surface area contributed by atoms with Crippen LogP contribution in [0.1, 0.15) is 17.7 Å². The number of ether oxygens (including phenoxy) is 1. The smallest absolute Gasteiger partial charge is 0.145 e. The highest BCUT2D eigenvalue weighted by Crippen LogP contribution is 2.25. The molecule has 0 spiro atoms. The van der Waals surface area contributed by atoms with Gasteiger partial charge in [-0.05, 0) is 49.1 Å². The second-order valence-corrected chi connectivity index (χ2v) is 6.79. The van der Waals surface area contributed by atoms with Crippen molar-refractivity contribution in [3.8, 4) is 5.75 Å². The molecule has 4 heteroatoms. The van der Waals surface area contributed by atoms with Crippen molar-refractivity contribution in [1.29, 1.82) is 0 Å². The van der Waals surface area contributed by atoms with Gasteiger partial charge in [-0.2, -0.15) is 0 Å². The van der Waals surface area contributed by atoms with Crippen molar-refractivity contribution in [3.63, 3.8) is 0 Å². The van der Waals surface area contributed by atoms with Crippen LogP contribution in [0, 0.1) is 5.92 Å². The van der Waals surface area contributed by atoms with Gasteiger partial charge in [-0.15, -0.1) is 0 Å². The molecular formula is C21H23N3O. The fourth-order valence-electron chi connectivity index (χ4n) is 3.72. The summed E-state index contributed by atoms with van der Waals surface area (Å²) in [7, 11) is 1.70. The Morgan fingerprint density at radius 3 is 2.96 bits per heavy atom. The molecular weight excluding hydrogens is 310 g/mol. The van der Waals surface area contributed by atoms with Crippen LogP contribution >= 0.6 is 0 Å². The molecule has 25 heavy (non-hydrogen) atoms. The van der Waals surface area contributed by atoms with E-state index in [2.05, 4.69) is 34.1 Å². The summed E-state index contributed by atoms with van der Waals surface area (Å²) in [6.07, 6.45) is 6.18. The minimum absolute atomic E-state index is 0.708. The highest BCUT2D eigenvalue weighted by atomic mass is 16.5. The Balaban J connectivity index is 1.43. The SMILES string of the molecule is COc1cccc2ccc(CN3CCC(Cc4cccnc4)C3)nc12. The third-order valence-electron chi connectivity index (χ3n) is 4.96. The number of pyridine rings is 2. The predicted octanol–water partition coefficient (Wildman–Crippen LogP) is 3.70. The lowest BCUT2D eigenvalue weighted by Gasteiger charge is -2.16. The number of hydrogen-bond acceptors (Lipinski definition) is 4. The fraction of sp³-hybridized carbons (Fsp3) is 0.333. The van der Waals surface area contributed by atoms with Crippen molar-refractivity contribution in [3.05, 3.63) is 66.1 Å². The summed E-state index contributed by atoms with van der Waals surface area (Å²) < 4.78 is 5.45. The summed E-state index contributed by atoms with van der Waals surface area (Å²) in [6, 6.07) is 14.5. The Hall–Kier alpha value is -2.46. The van der Waals surface area contributed by atoms with Gasteiger partial charge in [0.1, 0.15) is 11.3 Å². The molecule has 4 rings (SSSR count). The number of fused-ring (bicyclic) bond motifs is 1. The maximum atomic E-state index is 5.45. The molecule has 1 aliphatic rings. The van der Waals surface area contributed by atoms with Crippen LogP contribution in [0.5, 0.6) is 5.75 Å². The van der Waals surface area contributed by atoms with Crippen molar-refractivity contribution < 1.29 is 4.74 Å². The topological polar surface area (TPSA) is 38.2 Å². The fourth-order valence-corrected chi connectivity index (χ4v) is 3.72. The van der Waals surface area contributed by atoms with Gasteiger partial charge in [0.05, 0.1) is 12.8 Å². The molecule has 3 aromatic rings. The van der Waals surface area contributed by atoms with E-state index >= 15 is 0 Å². The van der Waals surface area contributed by atoms with Gasteiger partial charge in [0.15, 0.2) is 0 Å². The van der Waals surface area contributed by atoms with Crippen LogP contribution in [0.15, 0.2) is 54.9 Å². The molecule has 1 saturated heterocycles. The van der Waals surface area contributed by atoms with Gasteiger partial charge in [0.2, 0.25) is 0 Å². The van der Waals surface area contributed by atoms with E-state index in [0.29, 0.717) is 5.92 Å². The standard InChI is InChI=1S/C21H23N3O/c1-25-20-6-2-5-18-7-8-19(23-21(18)20)15-24-11-9-17(14-24)12-16-4-3-10-22-13-16/h2-8,10,13,17H,9,11-12,14-15H2,1H3. The largest absolute Gasteiger partial charge is 0.494 e. The molecule has 0 radical (unpaired) electrons. The molecule has 0 saturated carbocycles. The van der Waals surface area contributed by atoms with Gasteiger partial charge in [0, 0.05) is 30.9 Å². The van der Waals surface area contributed by atoms with Crippen LogP contribution in [0.2, 0.25) is 0 Å². The van der Waals surface area contributed by atoms with Crippen LogP contribution in [-0.4, -0.2) is 35.1 Å². The number of nitrogens with zero attached hydrogens (tertiary/aromatic N) is 3. The van der Waals surface area contributed by atoms with E-state index < -0.39 is 0 Å². The molecule has 4 nitrogen and oxygen atoms in total. The number of hydrogen-bond donors (Lipinski definition) is 0. The molecule has 1 unspecified atom stereocenters. The predicted molar refractivity (Wildman–Crippen MR) is 99.6 cm³/mol. The summed E-state index contributed by atoms with van der Waals surface area (Å²) >= 11 is 0. The average Bonchev–Trinajstić information content (AvgIpc) is 3.09. The Morgan fingerprint density at radius 1 is 1.16 bits per heavy atom. The van der Waals surface area contributed by atoms with Gasteiger partial charge in [-0.1, -0.05) is 24.3 Å². The van der Waals surface area contributed by atoms with E-state index in [1.807, 2.05) is 30.6 Å². The minimum atomic E-state index is 0.708. The van der Waals surface area contributed by atoms with Crippen molar-refractivity contribution in [2.75, 3.05) is 20.2 Å². The van der Waals surface area contributed by atoms with Crippen LogP contribution < -0.4 is 4.74 Å². The maximum absolute atomic E-state index is 5.45. The van der Waals surface area contributed by atoms with Crippen LogP contribution in [-0.2, 0) is 13.0 Å². The molecule has 1 fully saturated rings. The van der Waals surface area contributed by atoms with Crippen molar-refractivity contribution in [2.45, 2.75) is 19.4 Å². The molecule has 3 heterocycles. The molecule has 0 bridgehead atoms. The molecule has 1 aliphatic heterocycles. The summed E-state index contributed by atoms with van der Waals surface area (Å²) in [6.45, 7) is 3.16.